The van der Waals surface area contributed by atoms with Gasteiger partial charge in [-0.3, -0.25) is 0 Å². The Morgan fingerprint density at radius 2 is 1.71 bits per heavy atom. The summed E-state index contributed by atoms with van der Waals surface area (Å²) in [6, 6.07) is 4.30. The highest BCUT2D eigenvalue weighted by Crippen LogP contribution is 2.49. The van der Waals surface area contributed by atoms with E-state index in [0.717, 1.165) is 0 Å². The third kappa shape index (κ3) is 2.30. The van der Waals surface area contributed by atoms with E-state index >= 15 is 0 Å². The summed E-state index contributed by atoms with van der Waals surface area (Å²) in [7, 11) is -0.909. The van der Waals surface area contributed by atoms with Crippen LogP contribution in [0.3, 0.4) is 0 Å². The Morgan fingerprint density at radius 1 is 1.07 bits per heavy atom. The predicted molar refractivity (Wildman–Crippen MR) is 53.3 cm³/mol. The van der Waals surface area contributed by atoms with E-state index in [9.17, 15) is 0 Å². The van der Waals surface area contributed by atoms with Crippen LogP contribution in [0.2, 0.25) is 0 Å². The Morgan fingerprint density at radius 3 is 2.14 bits per heavy atom. The van der Waals surface area contributed by atoms with Crippen molar-refractivity contribution in [3.8, 4) is 11.5 Å². The number of hydrogen-bond donors (Lipinski definition) is 3. The van der Waals surface area contributed by atoms with Crippen LogP contribution < -0.4 is 9.47 Å². The molecule has 0 saturated heterocycles. The van der Waals surface area contributed by atoms with Gasteiger partial charge < -0.3 is 23.1 Å². The van der Waals surface area contributed by atoms with Crippen LogP contribution in [-0.4, -0.2) is 27.9 Å². The van der Waals surface area contributed by atoms with Crippen molar-refractivity contribution in [2.45, 2.75) is 4.90 Å². The van der Waals surface area contributed by atoms with Crippen molar-refractivity contribution in [1.82, 2.24) is 0 Å². The lowest BCUT2D eigenvalue weighted by molar-refractivity contribution is 0.355. The second-order valence-corrected chi connectivity index (χ2v) is 4.01. The molecule has 0 radical (unpaired) electrons. The minimum Gasteiger partial charge on any atom is -0.497 e. The molecule has 0 bridgehead atoms. The molecule has 1 aromatic rings. The molecule has 0 aliphatic rings. The van der Waals surface area contributed by atoms with Crippen molar-refractivity contribution in [3.05, 3.63) is 18.2 Å². The maximum absolute atomic E-state index is 9.04. The van der Waals surface area contributed by atoms with Crippen LogP contribution in [0.15, 0.2) is 23.1 Å². The molecule has 0 saturated carbocycles. The average Bonchev–Trinajstić information content (AvgIpc) is 2.15. The average molecular weight is 220 g/mol. The molecule has 1 rings (SSSR count). The van der Waals surface area contributed by atoms with Crippen molar-refractivity contribution in [2.75, 3.05) is 14.2 Å². The minimum absolute atomic E-state index is 0.0548. The summed E-state index contributed by atoms with van der Waals surface area (Å²) in [5, 5.41) is 0. The van der Waals surface area contributed by atoms with Gasteiger partial charge in [0.2, 0.25) is 0 Å². The summed E-state index contributed by atoms with van der Waals surface area (Å²) in [6.45, 7) is 0. The molecule has 1 aromatic carbocycles. The van der Waals surface area contributed by atoms with Gasteiger partial charge in [0.15, 0.2) is 0 Å². The molecule has 6 heteroatoms. The van der Waals surface area contributed by atoms with E-state index in [2.05, 4.69) is 0 Å². The van der Waals surface area contributed by atoms with E-state index in [4.69, 9.17) is 23.1 Å². The molecule has 0 aliphatic carbocycles. The van der Waals surface area contributed by atoms with Gasteiger partial charge in [-0.05, 0) is 12.1 Å². The Labute approximate surface area is 83.5 Å². The molecule has 0 unspecified atom stereocenters. The third-order valence-electron chi connectivity index (χ3n) is 1.67. The van der Waals surface area contributed by atoms with Crippen LogP contribution in [0, 0.1) is 0 Å². The first kappa shape index (κ1) is 11.1. The normalized spacial score (nSPS) is 12.4. The van der Waals surface area contributed by atoms with Crippen LogP contribution in [0.4, 0.5) is 0 Å². The summed E-state index contributed by atoms with van der Waals surface area (Å²) in [5.74, 6) is 0.682. The van der Waals surface area contributed by atoms with Crippen LogP contribution >= 0.6 is 10.9 Å². The largest absolute Gasteiger partial charge is 0.497 e. The van der Waals surface area contributed by atoms with Crippen molar-refractivity contribution in [3.63, 3.8) is 0 Å². The Kier molecular flexibility index (Phi) is 3.22. The molecule has 0 aliphatic heterocycles. The molecule has 0 amide bonds. The molecule has 14 heavy (non-hydrogen) atoms. The SMILES string of the molecule is COc1ccc(S(O)(O)O)c(OC)c1. The van der Waals surface area contributed by atoms with Gasteiger partial charge in [-0.15, -0.1) is 0 Å². The molecule has 0 aromatic heterocycles. The highest BCUT2D eigenvalue weighted by molar-refractivity contribution is 8.19. The van der Waals surface area contributed by atoms with Gasteiger partial charge in [0.1, 0.15) is 27.3 Å². The Balaban J connectivity index is 3.18. The van der Waals surface area contributed by atoms with Crippen LogP contribution in [0.5, 0.6) is 11.5 Å². The van der Waals surface area contributed by atoms with Crippen LogP contribution in [0.1, 0.15) is 0 Å². The summed E-state index contributed by atoms with van der Waals surface area (Å²) < 4.78 is 36.9. The van der Waals surface area contributed by atoms with E-state index in [1.54, 1.807) is 0 Å². The van der Waals surface area contributed by atoms with Crippen molar-refractivity contribution < 1.29 is 23.1 Å². The van der Waals surface area contributed by atoms with Crippen LogP contribution in [0.25, 0.3) is 0 Å². The second-order valence-electron chi connectivity index (χ2n) is 2.54. The van der Waals surface area contributed by atoms with Crippen molar-refractivity contribution >= 4 is 10.9 Å². The summed E-state index contributed by atoms with van der Waals surface area (Å²) in [4.78, 5) is -0.0548. The molecule has 0 heterocycles. The lowest BCUT2D eigenvalue weighted by Crippen LogP contribution is -1.99. The van der Waals surface area contributed by atoms with E-state index in [1.165, 1.54) is 32.4 Å². The van der Waals surface area contributed by atoms with E-state index in [0.29, 0.717) is 5.75 Å². The lowest BCUT2D eigenvalue weighted by atomic mass is 10.3. The van der Waals surface area contributed by atoms with Gasteiger partial charge in [0.05, 0.1) is 14.2 Å². The topological polar surface area (TPSA) is 79.2 Å². The smallest absolute Gasteiger partial charge is 0.141 e. The molecule has 3 N–H and O–H groups in total. The van der Waals surface area contributed by atoms with Crippen LogP contribution in [-0.2, 0) is 0 Å². The summed E-state index contributed by atoms with van der Waals surface area (Å²) in [6.07, 6.45) is 0. The molecule has 80 valence electrons. The summed E-state index contributed by atoms with van der Waals surface area (Å²) >= 11 is 0. The zero-order chi connectivity index (χ0) is 10.8. The number of ether oxygens (including phenoxy) is 2. The number of rotatable bonds is 3. The second kappa shape index (κ2) is 4.05. The first-order chi connectivity index (χ1) is 6.49. The number of methoxy groups -OCH3 is 2. The highest BCUT2D eigenvalue weighted by atomic mass is 32.3. The maximum Gasteiger partial charge on any atom is 0.141 e. The Hall–Kier alpha value is -0.950. The summed E-state index contributed by atoms with van der Waals surface area (Å²) in [5.41, 5.74) is 0. The number of hydrogen-bond acceptors (Lipinski definition) is 5. The van der Waals surface area contributed by atoms with E-state index < -0.39 is 10.9 Å². The monoisotopic (exact) mass is 220 g/mol. The third-order valence-corrected chi connectivity index (χ3v) is 2.59. The first-order valence-corrected chi connectivity index (χ1v) is 5.22. The maximum atomic E-state index is 9.04. The molecule has 0 spiro atoms. The van der Waals surface area contributed by atoms with Gasteiger partial charge in [0, 0.05) is 6.07 Å². The van der Waals surface area contributed by atoms with Gasteiger partial charge in [-0.2, -0.15) is 0 Å². The van der Waals surface area contributed by atoms with Crippen molar-refractivity contribution in [2.24, 2.45) is 0 Å². The fourth-order valence-electron chi connectivity index (χ4n) is 1.00. The quantitative estimate of drug-likeness (QED) is 0.728. The predicted octanol–water partition coefficient (Wildman–Crippen LogP) is 2.29. The molecule has 0 atom stereocenters. The number of benzene rings is 1. The fourth-order valence-corrected chi connectivity index (χ4v) is 1.66. The highest BCUT2D eigenvalue weighted by Gasteiger charge is 2.21. The van der Waals surface area contributed by atoms with Gasteiger partial charge >= 0.3 is 0 Å². The van der Waals surface area contributed by atoms with Gasteiger partial charge in [-0.1, -0.05) is 0 Å². The zero-order valence-corrected chi connectivity index (χ0v) is 8.61. The molecular weight excluding hydrogens is 208 g/mol. The fraction of sp³-hybridized carbons (Fsp3) is 0.250. The zero-order valence-electron chi connectivity index (χ0n) is 7.80. The molecule has 0 fully saturated rings. The van der Waals surface area contributed by atoms with Gasteiger partial charge in [0.25, 0.3) is 0 Å². The molecule has 5 nitrogen and oxygen atoms in total. The van der Waals surface area contributed by atoms with Crippen molar-refractivity contribution in [1.29, 1.82) is 0 Å². The Bertz CT molecular complexity index is 320. The molecular formula is C8H12O5S. The standard InChI is InChI=1S/C8H12O5S/c1-12-6-3-4-8(14(9,10)11)7(5-6)13-2/h3-5,9-11H,1-2H3. The minimum atomic E-state index is -3.75. The van der Waals surface area contributed by atoms with E-state index in [1.807, 2.05) is 0 Å². The van der Waals surface area contributed by atoms with Gasteiger partial charge in [-0.25, -0.2) is 0 Å². The lowest BCUT2D eigenvalue weighted by Gasteiger charge is -2.21. The van der Waals surface area contributed by atoms with E-state index in [-0.39, 0.29) is 10.6 Å². The first-order valence-electron chi connectivity index (χ1n) is 3.71.